The molecule has 2 rings (SSSR count). The number of pyridine rings is 1. The van der Waals surface area contributed by atoms with Gasteiger partial charge < -0.3 is 0 Å². The van der Waals surface area contributed by atoms with E-state index in [9.17, 15) is 4.79 Å². The minimum atomic E-state index is 0.0904. The van der Waals surface area contributed by atoms with E-state index in [1.54, 1.807) is 23.1 Å². The number of rotatable bonds is 1. The number of amides is 1. The highest BCUT2D eigenvalue weighted by atomic mass is 16.2. The molecule has 14 heavy (non-hydrogen) atoms. The molecule has 0 saturated carbocycles. The molecule has 70 valence electrons. The number of hydrogen-bond acceptors (Lipinski definition) is 3. The molecular weight excluding hydrogens is 178 g/mol. The van der Waals surface area contributed by atoms with Crippen LogP contribution in [0.3, 0.4) is 0 Å². The van der Waals surface area contributed by atoms with Crippen molar-refractivity contribution in [2.75, 3.05) is 11.4 Å². The van der Waals surface area contributed by atoms with Gasteiger partial charge in [0, 0.05) is 13.0 Å². The third-order valence-electron chi connectivity index (χ3n) is 2.20. The van der Waals surface area contributed by atoms with Gasteiger partial charge in [-0.05, 0) is 18.6 Å². The summed E-state index contributed by atoms with van der Waals surface area (Å²) in [6, 6.07) is 7.08. The first-order valence-electron chi connectivity index (χ1n) is 4.49. The predicted molar refractivity (Wildman–Crippen MR) is 50.5 cm³/mol. The zero-order chi connectivity index (χ0) is 9.97. The van der Waals surface area contributed by atoms with E-state index in [1.807, 2.05) is 6.07 Å². The van der Waals surface area contributed by atoms with E-state index in [2.05, 4.69) is 4.98 Å². The van der Waals surface area contributed by atoms with Crippen molar-refractivity contribution < 1.29 is 4.79 Å². The van der Waals surface area contributed by atoms with E-state index in [4.69, 9.17) is 5.26 Å². The number of anilines is 1. The van der Waals surface area contributed by atoms with Crippen molar-refractivity contribution in [3.8, 4) is 6.07 Å². The Morgan fingerprint density at radius 3 is 3.00 bits per heavy atom. The first kappa shape index (κ1) is 8.70. The summed E-state index contributed by atoms with van der Waals surface area (Å²) in [5.41, 5.74) is 0.349. The molecule has 1 saturated heterocycles. The first-order chi connectivity index (χ1) is 6.81. The van der Waals surface area contributed by atoms with E-state index >= 15 is 0 Å². The Hall–Kier alpha value is -1.89. The van der Waals surface area contributed by atoms with Gasteiger partial charge in [0.15, 0.2) is 0 Å². The molecule has 0 aliphatic carbocycles. The molecule has 0 N–H and O–H groups in total. The van der Waals surface area contributed by atoms with Crippen molar-refractivity contribution in [1.29, 1.82) is 5.26 Å². The number of nitrogens with zero attached hydrogens (tertiary/aromatic N) is 3. The molecule has 4 nitrogen and oxygen atoms in total. The molecule has 1 aliphatic rings. The Kier molecular flexibility index (Phi) is 2.15. The van der Waals surface area contributed by atoms with Gasteiger partial charge >= 0.3 is 0 Å². The van der Waals surface area contributed by atoms with Crippen LogP contribution in [0, 0.1) is 11.3 Å². The van der Waals surface area contributed by atoms with Gasteiger partial charge in [-0.2, -0.15) is 5.26 Å². The lowest BCUT2D eigenvalue weighted by atomic mass is 10.3. The van der Waals surface area contributed by atoms with Gasteiger partial charge in [0.05, 0.1) is 0 Å². The topological polar surface area (TPSA) is 57.0 Å². The molecule has 0 bridgehead atoms. The second kappa shape index (κ2) is 3.46. The van der Waals surface area contributed by atoms with Crippen LogP contribution in [0.15, 0.2) is 18.2 Å². The standard InChI is InChI=1S/C10H9N3O/c11-7-8-3-1-4-9(12-8)13-6-2-5-10(13)14/h1,3-4H,2,5-6H2. The van der Waals surface area contributed by atoms with Gasteiger partial charge in [-0.3, -0.25) is 9.69 Å². The van der Waals surface area contributed by atoms with Gasteiger partial charge in [0.25, 0.3) is 0 Å². The van der Waals surface area contributed by atoms with Crippen molar-refractivity contribution >= 4 is 11.7 Å². The Labute approximate surface area is 81.8 Å². The van der Waals surface area contributed by atoms with Crippen LogP contribution in [-0.4, -0.2) is 17.4 Å². The summed E-state index contributed by atoms with van der Waals surface area (Å²) in [6.07, 6.45) is 1.45. The monoisotopic (exact) mass is 187 g/mol. The fraction of sp³-hybridized carbons (Fsp3) is 0.300. The summed E-state index contributed by atoms with van der Waals surface area (Å²) >= 11 is 0. The van der Waals surface area contributed by atoms with E-state index in [0.717, 1.165) is 6.42 Å². The van der Waals surface area contributed by atoms with Gasteiger partial charge in [-0.25, -0.2) is 4.98 Å². The minimum absolute atomic E-state index is 0.0904. The summed E-state index contributed by atoms with van der Waals surface area (Å²) in [7, 11) is 0. The second-order valence-corrected chi connectivity index (χ2v) is 3.14. The maximum Gasteiger partial charge on any atom is 0.228 e. The SMILES string of the molecule is N#Cc1cccc(N2CCCC2=O)n1. The smallest absolute Gasteiger partial charge is 0.228 e. The molecule has 2 heterocycles. The van der Waals surface area contributed by atoms with Crippen molar-refractivity contribution in [2.24, 2.45) is 0 Å². The van der Waals surface area contributed by atoms with Crippen LogP contribution in [0.25, 0.3) is 0 Å². The average Bonchev–Trinajstić information content (AvgIpc) is 2.65. The van der Waals surface area contributed by atoms with Gasteiger partial charge in [-0.15, -0.1) is 0 Å². The molecule has 4 heteroatoms. The lowest BCUT2D eigenvalue weighted by Crippen LogP contribution is -2.24. The fourth-order valence-electron chi connectivity index (χ4n) is 1.53. The quantitative estimate of drug-likeness (QED) is 0.661. The van der Waals surface area contributed by atoms with Crippen molar-refractivity contribution in [3.63, 3.8) is 0 Å². The largest absolute Gasteiger partial charge is 0.297 e. The molecule has 1 fully saturated rings. The fourth-order valence-corrected chi connectivity index (χ4v) is 1.53. The average molecular weight is 187 g/mol. The zero-order valence-corrected chi connectivity index (χ0v) is 7.60. The van der Waals surface area contributed by atoms with Crippen LogP contribution in [0.5, 0.6) is 0 Å². The van der Waals surface area contributed by atoms with Crippen molar-refractivity contribution in [2.45, 2.75) is 12.8 Å². The van der Waals surface area contributed by atoms with E-state index in [-0.39, 0.29) is 5.91 Å². The molecule has 1 amide bonds. The third-order valence-corrected chi connectivity index (χ3v) is 2.20. The van der Waals surface area contributed by atoms with Crippen LogP contribution in [0.1, 0.15) is 18.5 Å². The third kappa shape index (κ3) is 1.44. The van der Waals surface area contributed by atoms with Crippen molar-refractivity contribution in [3.05, 3.63) is 23.9 Å². The number of carbonyl (C=O) groups excluding carboxylic acids is 1. The lowest BCUT2D eigenvalue weighted by Gasteiger charge is -2.13. The van der Waals surface area contributed by atoms with Gasteiger partial charge in [-0.1, -0.05) is 6.07 Å². The molecule has 1 aromatic rings. The van der Waals surface area contributed by atoms with Gasteiger partial charge in [0.1, 0.15) is 17.6 Å². The highest BCUT2D eigenvalue weighted by Crippen LogP contribution is 2.18. The van der Waals surface area contributed by atoms with E-state index in [0.29, 0.717) is 24.5 Å². The van der Waals surface area contributed by atoms with E-state index < -0.39 is 0 Å². The number of aromatic nitrogens is 1. The zero-order valence-electron chi connectivity index (χ0n) is 7.60. The van der Waals surface area contributed by atoms with E-state index in [1.165, 1.54) is 0 Å². The predicted octanol–water partition coefficient (Wildman–Crippen LogP) is 1.08. The normalized spacial score (nSPS) is 15.6. The summed E-state index contributed by atoms with van der Waals surface area (Å²) in [5, 5.41) is 8.65. The van der Waals surface area contributed by atoms with Crippen LogP contribution < -0.4 is 4.90 Å². The number of nitriles is 1. The van der Waals surface area contributed by atoms with Crippen LogP contribution in [0.2, 0.25) is 0 Å². The maximum atomic E-state index is 11.4. The minimum Gasteiger partial charge on any atom is -0.297 e. The van der Waals surface area contributed by atoms with Crippen LogP contribution in [-0.2, 0) is 4.79 Å². The first-order valence-corrected chi connectivity index (χ1v) is 4.49. The second-order valence-electron chi connectivity index (χ2n) is 3.14. The Bertz CT molecular complexity index is 408. The summed E-state index contributed by atoms with van der Waals surface area (Å²) in [5.74, 6) is 0.680. The van der Waals surface area contributed by atoms with Gasteiger partial charge in [0.2, 0.25) is 5.91 Å². The number of carbonyl (C=O) groups is 1. The molecule has 0 aromatic carbocycles. The molecule has 1 aliphatic heterocycles. The molecule has 0 radical (unpaired) electrons. The maximum absolute atomic E-state index is 11.4. The number of hydrogen-bond donors (Lipinski definition) is 0. The van der Waals surface area contributed by atoms with Crippen LogP contribution in [0.4, 0.5) is 5.82 Å². The highest BCUT2D eigenvalue weighted by Gasteiger charge is 2.22. The Morgan fingerprint density at radius 1 is 1.50 bits per heavy atom. The summed E-state index contributed by atoms with van der Waals surface area (Å²) < 4.78 is 0. The highest BCUT2D eigenvalue weighted by molar-refractivity contribution is 5.94. The Balaban J connectivity index is 2.32. The molecule has 0 spiro atoms. The lowest BCUT2D eigenvalue weighted by molar-refractivity contribution is -0.117. The van der Waals surface area contributed by atoms with Crippen LogP contribution >= 0.6 is 0 Å². The summed E-state index contributed by atoms with van der Waals surface area (Å²) in [6.45, 7) is 0.709. The Morgan fingerprint density at radius 2 is 2.36 bits per heavy atom. The molecular formula is C10H9N3O. The van der Waals surface area contributed by atoms with Crippen molar-refractivity contribution in [1.82, 2.24) is 4.98 Å². The molecule has 0 atom stereocenters. The summed E-state index contributed by atoms with van der Waals surface area (Å²) in [4.78, 5) is 17.1. The molecule has 1 aromatic heterocycles. The molecule has 0 unspecified atom stereocenters.